The van der Waals surface area contributed by atoms with E-state index in [0.29, 0.717) is 6.42 Å². The molecule has 0 aliphatic rings. The molecule has 60 heavy (non-hydrogen) atoms. The average Bonchev–Trinajstić information content (AvgIpc) is 3.24. The van der Waals surface area contributed by atoms with Gasteiger partial charge in [-0.1, -0.05) is 219 Å². The van der Waals surface area contributed by atoms with Gasteiger partial charge < -0.3 is 29.2 Å². The van der Waals surface area contributed by atoms with Crippen LogP contribution in [0.25, 0.3) is 0 Å². The predicted octanol–water partition coefficient (Wildman–Crippen LogP) is 13.0. The Hall–Kier alpha value is -2.16. The molecule has 0 radical (unpaired) electrons. The van der Waals surface area contributed by atoms with Crippen LogP contribution < -0.4 is 5.11 Å². The largest absolute Gasteiger partial charge is 0.550 e. The Bertz CT molecular complexity index is 986. The molecule has 0 amide bonds. The average molecular weight is 852 g/mol. The lowest BCUT2D eigenvalue weighted by Gasteiger charge is -2.30. The first kappa shape index (κ1) is 57.8. The second-order valence-corrected chi connectivity index (χ2v) is 18.0. The fraction of sp³-hybridized carbons (Fsp3) is 0.922. The van der Waals surface area contributed by atoms with E-state index in [1.165, 1.54) is 180 Å². The highest BCUT2D eigenvalue weighted by Crippen LogP contribution is 2.22. The topological polar surface area (TPSA) is 139 Å². The number of aliphatic hydroxyl groups is 1. The van der Waals surface area contributed by atoms with Gasteiger partial charge in [0.05, 0.1) is 12.0 Å². The maximum absolute atomic E-state index is 12.7. The van der Waals surface area contributed by atoms with Gasteiger partial charge in [-0.3, -0.25) is 14.4 Å². The van der Waals surface area contributed by atoms with E-state index in [9.17, 15) is 29.4 Å². The number of aliphatic hydroxyl groups excluding tert-OH is 1. The highest BCUT2D eigenvalue weighted by molar-refractivity contribution is 5.70. The highest BCUT2D eigenvalue weighted by Gasteiger charge is 2.35. The standard InChI is InChI=1S/C51H96O9/c1-3-5-7-9-11-13-15-17-19-20-21-22-24-26-28-30-32-34-36-41-49(56)59-45-51(43-52,46-60-50(57)42-38-37-39-47(53)54)44-58-48(55)40-35-33-31-29-27-25-23-18-16-14-12-10-8-6-4-2/h52H,3-46H2,1-2H3,(H,53,54)/p-1. The monoisotopic (exact) mass is 852 g/mol. The molecule has 9 heteroatoms. The van der Waals surface area contributed by atoms with Gasteiger partial charge in [0.2, 0.25) is 0 Å². The summed E-state index contributed by atoms with van der Waals surface area (Å²) < 4.78 is 16.5. The quantitative estimate of drug-likeness (QED) is 0.0360. The van der Waals surface area contributed by atoms with Crippen LogP contribution in [0.1, 0.15) is 271 Å². The lowest BCUT2D eigenvalue weighted by molar-refractivity contribution is -0.305. The van der Waals surface area contributed by atoms with E-state index in [1.807, 2.05) is 0 Å². The molecule has 9 nitrogen and oxygen atoms in total. The molecule has 0 aliphatic carbocycles. The van der Waals surface area contributed by atoms with E-state index in [1.54, 1.807) is 0 Å². The van der Waals surface area contributed by atoms with Crippen molar-refractivity contribution in [1.29, 1.82) is 0 Å². The van der Waals surface area contributed by atoms with Crippen LogP contribution in [0.3, 0.4) is 0 Å². The molecule has 1 N–H and O–H groups in total. The van der Waals surface area contributed by atoms with Crippen LogP contribution in [0.5, 0.6) is 0 Å². The Morgan fingerprint density at radius 2 is 0.550 bits per heavy atom. The summed E-state index contributed by atoms with van der Waals surface area (Å²) in [7, 11) is 0. The number of esters is 3. The summed E-state index contributed by atoms with van der Waals surface area (Å²) in [6, 6.07) is 0. The number of carboxylic acids is 1. The van der Waals surface area contributed by atoms with E-state index in [4.69, 9.17) is 14.2 Å². The van der Waals surface area contributed by atoms with Crippen molar-refractivity contribution in [3.8, 4) is 0 Å². The second kappa shape index (κ2) is 44.9. The first-order valence-corrected chi connectivity index (χ1v) is 25.6. The van der Waals surface area contributed by atoms with Gasteiger partial charge in [0.15, 0.2) is 0 Å². The summed E-state index contributed by atoms with van der Waals surface area (Å²) in [5.74, 6) is -2.51. The Balaban J connectivity index is 4.32. The number of carbonyl (C=O) groups excluding carboxylic acids is 4. The summed E-state index contributed by atoms with van der Waals surface area (Å²) in [5, 5.41) is 21.1. The molecule has 354 valence electrons. The van der Waals surface area contributed by atoms with E-state index in [2.05, 4.69) is 13.8 Å². The smallest absolute Gasteiger partial charge is 0.305 e. The molecule has 0 saturated heterocycles. The van der Waals surface area contributed by atoms with Crippen LogP contribution >= 0.6 is 0 Å². The van der Waals surface area contributed by atoms with Gasteiger partial charge in [-0.05, 0) is 32.1 Å². The zero-order valence-corrected chi connectivity index (χ0v) is 39.3. The second-order valence-electron chi connectivity index (χ2n) is 18.0. The molecule has 1 unspecified atom stereocenters. The van der Waals surface area contributed by atoms with E-state index >= 15 is 0 Å². The lowest BCUT2D eigenvalue weighted by atomic mass is 9.92. The van der Waals surface area contributed by atoms with Crippen molar-refractivity contribution in [3.63, 3.8) is 0 Å². The molecule has 0 spiro atoms. The molecule has 0 heterocycles. The summed E-state index contributed by atoms with van der Waals surface area (Å²) in [6.07, 6.45) is 43.9. The Morgan fingerprint density at radius 3 is 0.767 bits per heavy atom. The third-order valence-electron chi connectivity index (χ3n) is 11.9. The van der Waals surface area contributed by atoms with Crippen molar-refractivity contribution in [2.45, 2.75) is 271 Å². The minimum absolute atomic E-state index is 0.00690. The molecular weight excluding hydrogens is 757 g/mol. The van der Waals surface area contributed by atoms with Crippen molar-refractivity contribution in [3.05, 3.63) is 0 Å². The Kier molecular flexibility index (Phi) is 43.3. The molecular formula is C51H95O9-. The SMILES string of the molecule is CCCCCCCCCCCCCCCCCCCCCC(=O)OCC(CO)(COC(=O)CCCCCCCCCCCCCCCCC)COC(=O)CCCCC(=O)[O-]. The minimum atomic E-state index is -1.28. The molecule has 1 atom stereocenters. The molecule has 0 bridgehead atoms. The number of carbonyl (C=O) groups is 4. The van der Waals surface area contributed by atoms with Gasteiger partial charge >= 0.3 is 17.9 Å². The van der Waals surface area contributed by atoms with Crippen molar-refractivity contribution in [2.75, 3.05) is 26.4 Å². The maximum atomic E-state index is 12.7. The van der Waals surface area contributed by atoms with E-state index in [0.717, 1.165) is 38.5 Å². The molecule has 0 aromatic carbocycles. The molecule has 0 saturated carbocycles. The van der Waals surface area contributed by atoms with Crippen molar-refractivity contribution in [2.24, 2.45) is 5.41 Å². The van der Waals surface area contributed by atoms with Gasteiger partial charge in [-0.15, -0.1) is 0 Å². The first-order valence-electron chi connectivity index (χ1n) is 25.6. The number of hydrogen-bond acceptors (Lipinski definition) is 9. The molecule has 0 fully saturated rings. The summed E-state index contributed by atoms with van der Waals surface area (Å²) >= 11 is 0. The number of aliphatic carboxylic acids is 1. The fourth-order valence-corrected chi connectivity index (χ4v) is 7.71. The Morgan fingerprint density at radius 1 is 0.350 bits per heavy atom. The summed E-state index contributed by atoms with van der Waals surface area (Å²) in [4.78, 5) is 48.4. The third-order valence-corrected chi connectivity index (χ3v) is 11.9. The molecule has 0 aliphatic heterocycles. The van der Waals surface area contributed by atoms with Gasteiger partial charge in [0.25, 0.3) is 0 Å². The van der Waals surface area contributed by atoms with Crippen molar-refractivity contribution >= 4 is 23.9 Å². The predicted molar refractivity (Wildman–Crippen MR) is 243 cm³/mol. The zero-order chi connectivity index (χ0) is 44.0. The van der Waals surface area contributed by atoms with Crippen LogP contribution in [0.4, 0.5) is 0 Å². The van der Waals surface area contributed by atoms with Gasteiger partial charge in [0, 0.05) is 25.2 Å². The maximum Gasteiger partial charge on any atom is 0.305 e. The lowest BCUT2D eigenvalue weighted by Crippen LogP contribution is -2.42. The van der Waals surface area contributed by atoms with Crippen LogP contribution in [0, 0.1) is 5.41 Å². The van der Waals surface area contributed by atoms with E-state index in [-0.39, 0.29) is 51.9 Å². The number of carboxylic acid groups (broad SMARTS) is 1. The van der Waals surface area contributed by atoms with Crippen LogP contribution in [-0.4, -0.2) is 55.4 Å². The number of ether oxygens (including phenoxy) is 3. The Labute approximate surface area is 369 Å². The van der Waals surface area contributed by atoms with Crippen molar-refractivity contribution in [1.82, 2.24) is 0 Å². The van der Waals surface area contributed by atoms with Crippen LogP contribution in [-0.2, 0) is 33.4 Å². The van der Waals surface area contributed by atoms with E-state index < -0.39 is 35.9 Å². The molecule has 0 rings (SSSR count). The van der Waals surface area contributed by atoms with Gasteiger partial charge in [-0.2, -0.15) is 0 Å². The van der Waals surface area contributed by atoms with Gasteiger partial charge in [0.1, 0.15) is 19.8 Å². The first-order chi connectivity index (χ1) is 29.3. The highest BCUT2D eigenvalue weighted by atomic mass is 16.6. The zero-order valence-electron chi connectivity index (χ0n) is 39.3. The summed E-state index contributed by atoms with van der Waals surface area (Å²) in [6.45, 7) is 3.24. The number of unbranched alkanes of at least 4 members (excludes halogenated alkanes) is 33. The molecule has 0 aromatic heterocycles. The van der Waals surface area contributed by atoms with Gasteiger partial charge in [-0.25, -0.2) is 0 Å². The fourth-order valence-electron chi connectivity index (χ4n) is 7.71. The van der Waals surface area contributed by atoms with Crippen molar-refractivity contribution < 1.29 is 43.6 Å². The third kappa shape index (κ3) is 41.2. The van der Waals surface area contributed by atoms with Crippen LogP contribution in [0.15, 0.2) is 0 Å². The molecule has 0 aromatic rings. The minimum Gasteiger partial charge on any atom is -0.550 e. The summed E-state index contributed by atoms with van der Waals surface area (Å²) in [5.41, 5.74) is -1.28. The number of rotatable bonds is 48. The normalized spacial score (nSPS) is 12.3. The van der Waals surface area contributed by atoms with Crippen LogP contribution in [0.2, 0.25) is 0 Å². The number of hydrogen-bond donors (Lipinski definition) is 1.